The molecule has 0 unspecified atom stereocenters. The Labute approximate surface area is 113 Å². The fourth-order valence-corrected chi connectivity index (χ4v) is 2.32. The van der Waals surface area contributed by atoms with Gasteiger partial charge in [0.25, 0.3) is 0 Å². The van der Waals surface area contributed by atoms with Crippen molar-refractivity contribution < 1.29 is 14.6 Å². The van der Waals surface area contributed by atoms with Gasteiger partial charge in [-0.1, -0.05) is 12.1 Å². The minimum absolute atomic E-state index is 0.0971. The highest BCUT2D eigenvalue weighted by Gasteiger charge is 2.09. The van der Waals surface area contributed by atoms with Gasteiger partial charge in [0.05, 0.1) is 11.7 Å². The third-order valence-electron chi connectivity index (χ3n) is 2.22. The lowest BCUT2D eigenvalue weighted by Crippen LogP contribution is -2.11. The zero-order chi connectivity index (χ0) is 13.4. The Kier molecular flexibility index (Phi) is 6.83. The molecule has 0 fully saturated rings. The lowest BCUT2D eigenvalue weighted by atomic mass is 10.1. The molecule has 0 aliphatic carbocycles. The second-order valence-electron chi connectivity index (χ2n) is 4.28. The quantitative estimate of drug-likeness (QED) is 0.610. The number of hydrogen-bond donors (Lipinski definition) is 1. The van der Waals surface area contributed by atoms with Gasteiger partial charge in [-0.2, -0.15) is 11.8 Å². The van der Waals surface area contributed by atoms with Gasteiger partial charge < -0.3 is 9.84 Å². The summed E-state index contributed by atoms with van der Waals surface area (Å²) in [6.45, 7) is 3.91. The minimum Gasteiger partial charge on any atom is -0.459 e. The number of carbonyl (C=O) groups excluding carboxylic acids is 1. The lowest BCUT2D eigenvalue weighted by Gasteiger charge is -2.09. The zero-order valence-corrected chi connectivity index (χ0v) is 11.7. The molecular formula is C14H20O3S. The molecule has 0 aromatic heterocycles. The van der Waals surface area contributed by atoms with E-state index < -0.39 is 0 Å². The average molecular weight is 268 g/mol. The van der Waals surface area contributed by atoms with Crippen molar-refractivity contribution in [1.29, 1.82) is 0 Å². The highest BCUT2D eigenvalue weighted by Crippen LogP contribution is 2.15. The van der Waals surface area contributed by atoms with Crippen LogP contribution >= 0.6 is 11.8 Å². The molecule has 0 spiro atoms. The van der Waals surface area contributed by atoms with Gasteiger partial charge in [0, 0.05) is 12.4 Å². The first-order valence-electron chi connectivity index (χ1n) is 6.12. The smallest absolute Gasteiger partial charge is 0.338 e. The van der Waals surface area contributed by atoms with Crippen molar-refractivity contribution in [2.75, 3.05) is 12.4 Å². The largest absolute Gasteiger partial charge is 0.459 e. The van der Waals surface area contributed by atoms with Crippen LogP contribution in [0.5, 0.6) is 0 Å². The van der Waals surface area contributed by atoms with Crippen LogP contribution in [-0.2, 0) is 10.5 Å². The van der Waals surface area contributed by atoms with E-state index in [0.29, 0.717) is 5.56 Å². The molecule has 1 N–H and O–H groups in total. The van der Waals surface area contributed by atoms with Gasteiger partial charge in [-0.25, -0.2) is 4.79 Å². The van der Waals surface area contributed by atoms with Crippen LogP contribution < -0.4 is 0 Å². The van der Waals surface area contributed by atoms with Gasteiger partial charge in [0.2, 0.25) is 0 Å². The fourth-order valence-electron chi connectivity index (χ4n) is 1.43. The van der Waals surface area contributed by atoms with Crippen molar-refractivity contribution in [3.63, 3.8) is 0 Å². The summed E-state index contributed by atoms with van der Waals surface area (Å²) in [5.74, 6) is 1.51. The van der Waals surface area contributed by atoms with Crippen LogP contribution in [0.25, 0.3) is 0 Å². The van der Waals surface area contributed by atoms with E-state index >= 15 is 0 Å². The van der Waals surface area contributed by atoms with Gasteiger partial charge in [-0.3, -0.25) is 0 Å². The summed E-state index contributed by atoms with van der Waals surface area (Å²) in [4.78, 5) is 11.7. The number of aliphatic hydroxyl groups excluding tert-OH is 1. The summed E-state index contributed by atoms with van der Waals surface area (Å²) in [5, 5.41) is 8.69. The summed E-state index contributed by atoms with van der Waals surface area (Å²) >= 11 is 1.75. The van der Waals surface area contributed by atoms with Crippen molar-refractivity contribution in [3.05, 3.63) is 35.4 Å². The number of esters is 1. The van der Waals surface area contributed by atoms with Crippen LogP contribution in [0, 0.1) is 0 Å². The maximum atomic E-state index is 11.7. The number of ether oxygens (including phenoxy) is 1. The van der Waals surface area contributed by atoms with E-state index in [4.69, 9.17) is 9.84 Å². The number of hydrogen-bond acceptors (Lipinski definition) is 4. The Morgan fingerprint density at radius 3 is 2.89 bits per heavy atom. The second-order valence-corrected chi connectivity index (χ2v) is 5.39. The van der Waals surface area contributed by atoms with Crippen molar-refractivity contribution in [2.45, 2.75) is 32.1 Å². The first-order chi connectivity index (χ1) is 8.63. The van der Waals surface area contributed by atoms with Crippen LogP contribution in [-0.4, -0.2) is 29.5 Å². The maximum Gasteiger partial charge on any atom is 0.338 e. The molecule has 0 heterocycles. The van der Waals surface area contributed by atoms with Crippen molar-refractivity contribution in [1.82, 2.24) is 0 Å². The van der Waals surface area contributed by atoms with Gasteiger partial charge >= 0.3 is 5.97 Å². The summed E-state index contributed by atoms with van der Waals surface area (Å²) in [7, 11) is 0. The predicted octanol–water partition coefficient (Wildman–Crippen LogP) is 2.87. The van der Waals surface area contributed by atoms with Gasteiger partial charge in [-0.15, -0.1) is 0 Å². The van der Waals surface area contributed by atoms with E-state index in [1.165, 1.54) is 0 Å². The molecule has 1 aromatic rings. The minimum atomic E-state index is -0.271. The van der Waals surface area contributed by atoms with Crippen LogP contribution in [0.15, 0.2) is 24.3 Å². The molecule has 1 aromatic carbocycles. The van der Waals surface area contributed by atoms with Crippen LogP contribution in [0.1, 0.15) is 36.2 Å². The zero-order valence-electron chi connectivity index (χ0n) is 10.9. The highest BCUT2D eigenvalue weighted by molar-refractivity contribution is 7.98. The Morgan fingerprint density at radius 2 is 2.22 bits per heavy atom. The Balaban J connectivity index is 2.53. The highest BCUT2D eigenvalue weighted by atomic mass is 32.2. The molecular weight excluding hydrogens is 248 g/mol. The van der Waals surface area contributed by atoms with Crippen LogP contribution in [0.2, 0.25) is 0 Å². The van der Waals surface area contributed by atoms with Crippen LogP contribution in [0.3, 0.4) is 0 Å². The number of thioether (sulfide) groups is 1. The van der Waals surface area contributed by atoms with Crippen LogP contribution in [0.4, 0.5) is 0 Å². The molecule has 0 saturated heterocycles. The first-order valence-corrected chi connectivity index (χ1v) is 7.27. The Hall–Kier alpha value is -1.00. The summed E-state index contributed by atoms with van der Waals surface area (Å²) < 4.78 is 5.16. The third-order valence-corrected chi connectivity index (χ3v) is 3.34. The molecule has 100 valence electrons. The monoisotopic (exact) mass is 268 g/mol. The molecule has 0 bridgehead atoms. The van der Waals surface area contributed by atoms with E-state index in [1.54, 1.807) is 17.8 Å². The number of carbonyl (C=O) groups is 1. The van der Waals surface area contributed by atoms with Crippen molar-refractivity contribution in [2.24, 2.45) is 0 Å². The number of rotatable bonds is 7. The molecule has 0 aliphatic rings. The number of aliphatic hydroxyl groups is 1. The van der Waals surface area contributed by atoms with E-state index in [-0.39, 0.29) is 18.7 Å². The molecule has 0 amide bonds. The summed E-state index contributed by atoms with van der Waals surface area (Å²) in [6, 6.07) is 7.51. The molecule has 18 heavy (non-hydrogen) atoms. The van der Waals surface area contributed by atoms with E-state index in [2.05, 4.69) is 0 Å². The topological polar surface area (TPSA) is 46.5 Å². The van der Waals surface area contributed by atoms with Gasteiger partial charge in [0.15, 0.2) is 0 Å². The summed E-state index contributed by atoms with van der Waals surface area (Å²) in [6.07, 6.45) is 0.708. The Morgan fingerprint density at radius 1 is 1.44 bits per heavy atom. The molecule has 1 rings (SSSR count). The first kappa shape index (κ1) is 15.1. The lowest BCUT2D eigenvalue weighted by molar-refractivity contribution is 0.0378. The maximum absolute atomic E-state index is 11.7. The molecule has 4 heteroatoms. The van der Waals surface area contributed by atoms with E-state index in [1.807, 2.05) is 32.0 Å². The molecule has 0 atom stereocenters. The van der Waals surface area contributed by atoms with E-state index in [0.717, 1.165) is 23.5 Å². The van der Waals surface area contributed by atoms with Gasteiger partial charge in [0.1, 0.15) is 0 Å². The number of benzene rings is 1. The normalized spacial score (nSPS) is 10.7. The SMILES string of the molecule is CC(C)OC(=O)c1cccc(CSCCCO)c1. The van der Waals surface area contributed by atoms with E-state index in [9.17, 15) is 4.79 Å². The summed E-state index contributed by atoms with van der Waals surface area (Å²) in [5.41, 5.74) is 1.71. The van der Waals surface area contributed by atoms with Gasteiger partial charge in [-0.05, 0) is 43.7 Å². The molecule has 3 nitrogen and oxygen atoms in total. The standard InChI is InChI=1S/C14H20O3S/c1-11(2)17-14(16)13-6-3-5-12(9-13)10-18-8-4-7-15/h3,5-6,9,11,15H,4,7-8,10H2,1-2H3. The molecule has 0 saturated carbocycles. The third kappa shape index (κ3) is 5.56. The Bertz CT molecular complexity index is 377. The van der Waals surface area contributed by atoms with Crippen molar-refractivity contribution >= 4 is 17.7 Å². The molecule has 0 aliphatic heterocycles. The van der Waals surface area contributed by atoms with Crippen molar-refractivity contribution in [3.8, 4) is 0 Å². The fraction of sp³-hybridized carbons (Fsp3) is 0.500. The predicted molar refractivity (Wildman–Crippen MR) is 74.9 cm³/mol. The second kappa shape index (κ2) is 8.16. The molecule has 0 radical (unpaired) electrons. The average Bonchev–Trinajstić information content (AvgIpc) is 2.34.